The molecule has 210 valence electrons. The molecule has 0 radical (unpaired) electrons. The van der Waals surface area contributed by atoms with E-state index in [-0.39, 0.29) is 30.5 Å². The van der Waals surface area contributed by atoms with Crippen LogP contribution in [0, 0.1) is 0 Å². The van der Waals surface area contributed by atoms with Crippen molar-refractivity contribution in [3.05, 3.63) is 65.5 Å². The lowest BCUT2D eigenvalue weighted by atomic mass is 10.1. The van der Waals surface area contributed by atoms with Crippen molar-refractivity contribution in [3.63, 3.8) is 0 Å². The smallest absolute Gasteiger partial charge is 0.328 e. The van der Waals surface area contributed by atoms with Crippen molar-refractivity contribution < 1.29 is 33.3 Å². The van der Waals surface area contributed by atoms with Crippen molar-refractivity contribution in [3.8, 4) is 17.2 Å². The van der Waals surface area contributed by atoms with Crippen LogP contribution in [0.25, 0.3) is 0 Å². The number of carbonyl (C=O) groups is 3. The number of aryl methyl sites for hydroxylation is 1. The number of hydrazine groups is 2. The maximum absolute atomic E-state index is 12.8. The Morgan fingerprint density at radius 1 is 0.949 bits per heavy atom. The summed E-state index contributed by atoms with van der Waals surface area (Å²) < 4.78 is 21.1. The molecular formula is C27H35N5O7. The number of esters is 1. The summed E-state index contributed by atoms with van der Waals surface area (Å²) in [5.74, 6) is -0.287. The normalized spacial score (nSPS) is 13.0. The van der Waals surface area contributed by atoms with Crippen LogP contribution < -0.4 is 35.8 Å². The van der Waals surface area contributed by atoms with Crippen LogP contribution in [-0.4, -0.2) is 69.9 Å². The number of hydrogen-bond donors (Lipinski definition) is 4. The molecule has 0 aliphatic carbocycles. The summed E-state index contributed by atoms with van der Waals surface area (Å²) in [5, 5.41) is 7.16. The number of ether oxygens (including phenoxy) is 4. The van der Waals surface area contributed by atoms with Crippen LogP contribution in [-0.2, 0) is 20.7 Å². The van der Waals surface area contributed by atoms with E-state index in [1.54, 1.807) is 30.3 Å². The summed E-state index contributed by atoms with van der Waals surface area (Å²) in [6, 6.07) is 12.1. The summed E-state index contributed by atoms with van der Waals surface area (Å²) in [6.45, 7) is 2.52. The first-order chi connectivity index (χ1) is 18.9. The average molecular weight is 542 g/mol. The number of rotatable bonds is 14. The average Bonchev–Trinajstić information content (AvgIpc) is 3.43. The Labute approximate surface area is 227 Å². The fourth-order valence-electron chi connectivity index (χ4n) is 3.94. The minimum Gasteiger partial charge on any atom is -0.493 e. The van der Waals surface area contributed by atoms with Gasteiger partial charge in [0.05, 0.1) is 40.0 Å². The quantitative estimate of drug-likeness (QED) is 0.259. The van der Waals surface area contributed by atoms with E-state index in [0.29, 0.717) is 36.4 Å². The standard InChI is InChI=1S/C27H35N5O7/c1-5-39-27(35)20(13-11-18-9-7-6-8-10-18)29-26(34)21-17-32(31-30-21)16-15-28-25(33)19-12-14-22(36-2)24(38-4)23(19)37-3/h6-10,12,14,17,20,30-31H,5,11,13,15-16H2,1-4H3,(H,28,33)(H,29,34)/t20-/m0/s1. The lowest BCUT2D eigenvalue weighted by Crippen LogP contribution is -2.46. The van der Waals surface area contributed by atoms with Crippen molar-refractivity contribution in [1.29, 1.82) is 0 Å². The predicted octanol–water partition coefficient (Wildman–Crippen LogP) is 1.29. The van der Waals surface area contributed by atoms with E-state index in [4.69, 9.17) is 18.9 Å². The van der Waals surface area contributed by atoms with Crippen LogP contribution in [0.15, 0.2) is 54.4 Å². The molecule has 0 spiro atoms. The molecule has 4 N–H and O–H groups in total. The van der Waals surface area contributed by atoms with Gasteiger partial charge in [0.1, 0.15) is 11.7 Å². The van der Waals surface area contributed by atoms with Crippen LogP contribution >= 0.6 is 0 Å². The van der Waals surface area contributed by atoms with Gasteiger partial charge in [0.2, 0.25) is 5.75 Å². The molecule has 39 heavy (non-hydrogen) atoms. The molecule has 1 atom stereocenters. The van der Waals surface area contributed by atoms with Gasteiger partial charge in [0, 0.05) is 12.7 Å². The fourth-order valence-corrected chi connectivity index (χ4v) is 3.94. The molecule has 0 saturated carbocycles. The van der Waals surface area contributed by atoms with Gasteiger partial charge >= 0.3 is 5.97 Å². The first-order valence-corrected chi connectivity index (χ1v) is 12.5. The zero-order valence-electron chi connectivity index (χ0n) is 22.5. The van der Waals surface area contributed by atoms with Crippen LogP contribution in [0.1, 0.15) is 29.3 Å². The summed E-state index contributed by atoms with van der Waals surface area (Å²) in [7, 11) is 4.41. The molecule has 0 saturated heterocycles. The van der Waals surface area contributed by atoms with E-state index < -0.39 is 17.9 Å². The third-order valence-corrected chi connectivity index (χ3v) is 5.89. The molecule has 0 bridgehead atoms. The molecule has 0 aromatic heterocycles. The van der Waals surface area contributed by atoms with Gasteiger partial charge in [-0.05, 0) is 37.5 Å². The second kappa shape index (κ2) is 14.5. The van der Waals surface area contributed by atoms with Gasteiger partial charge < -0.3 is 29.6 Å². The monoisotopic (exact) mass is 541 g/mol. The molecule has 2 amide bonds. The molecule has 2 aromatic carbocycles. The Morgan fingerprint density at radius 2 is 1.69 bits per heavy atom. The van der Waals surface area contributed by atoms with Crippen molar-refractivity contribution >= 4 is 17.8 Å². The van der Waals surface area contributed by atoms with Gasteiger partial charge in [0.15, 0.2) is 11.5 Å². The lowest BCUT2D eigenvalue weighted by molar-refractivity contribution is -0.147. The van der Waals surface area contributed by atoms with Crippen LogP contribution in [0.4, 0.5) is 0 Å². The number of nitrogens with zero attached hydrogens (tertiary/aromatic N) is 1. The van der Waals surface area contributed by atoms with Gasteiger partial charge in [-0.3, -0.25) is 20.0 Å². The highest BCUT2D eigenvalue weighted by Crippen LogP contribution is 2.39. The van der Waals surface area contributed by atoms with Crippen LogP contribution in [0.2, 0.25) is 0 Å². The van der Waals surface area contributed by atoms with E-state index in [1.165, 1.54) is 21.3 Å². The molecule has 1 heterocycles. The number of benzene rings is 2. The van der Waals surface area contributed by atoms with E-state index in [9.17, 15) is 14.4 Å². The number of nitrogens with one attached hydrogen (secondary N) is 4. The molecule has 2 aromatic rings. The zero-order valence-corrected chi connectivity index (χ0v) is 22.5. The Kier molecular flexibility index (Phi) is 10.8. The van der Waals surface area contributed by atoms with E-state index in [1.807, 2.05) is 30.3 Å². The molecule has 1 aliphatic rings. The van der Waals surface area contributed by atoms with Crippen molar-refractivity contribution in [1.82, 2.24) is 26.6 Å². The van der Waals surface area contributed by atoms with Crippen molar-refractivity contribution in [2.45, 2.75) is 25.8 Å². The van der Waals surface area contributed by atoms with E-state index >= 15 is 0 Å². The number of carbonyl (C=O) groups excluding carboxylic acids is 3. The summed E-state index contributed by atoms with van der Waals surface area (Å²) in [6.07, 6.45) is 2.55. The maximum Gasteiger partial charge on any atom is 0.328 e. The molecule has 1 aliphatic heterocycles. The predicted molar refractivity (Wildman–Crippen MR) is 143 cm³/mol. The lowest BCUT2D eigenvalue weighted by Gasteiger charge is -2.17. The molecule has 3 rings (SSSR count). The number of methoxy groups -OCH3 is 3. The molecule has 0 fully saturated rings. The van der Waals surface area contributed by atoms with Gasteiger partial charge in [-0.2, -0.15) is 0 Å². The second-order valence-corrected chi connectivity index (χ2v) is 8.41. The number of hydrogen-bond acceptors (Lipinski definition) is 10. The van der Waals surface area contributed by atoms with Gasteiger partial charge in [-0.15, -0.1) is 5.53 Å². The van der Waals surface area contributed by atoms with E-state index in [0.717, 1.165) is 5.56 Å². The minimum atomic E-state index is -0.801. The maximum atomic E-state index is 12.8. The highest BCUT2D eigenvalue weighted by Gasteiger charge is 2.26. The topological polar surface area (TPSA) is 139 Å². The number of amides is 2. The largest absolute Gasteiger partial charge is 0.493 e. The molecule has 0 unspecified atom stereocenters. The third kappa shape index (κ3) is 7.77. The Morgan fingerprint density at radius 3 is 2.36 bits per heavy atom. The first-order valence-electron chi connectivity index (χ1n) is 12.5. The van der Waals surface area contributed by atoms with Crippen molar-refractivity contribution in [2.24, 2.45) is 0 Å². The molecular weight excluding hydrogens is 506 g/mol. The summed E-state index contributed by atoms with van der Waals surface area (Å²) in [5.41, 5.74) is 7.19. The molecule has 12 nitrogen and oxygen atoms in total. The SMILES string of the molecule is CCOC(=O)[C@H](CCc1ccccc1)NC(=O)C1=CN(CCNC(=O)c2ccc(OC)c(OC)c2OC)NN1. The second-order valence-electron chi connectivity index (χ2n) is 8.41. The van der Waals surface area contributed by atoms with Crippen LogP contribution in [0.5, 0.6) is 17.2 Å². The highest BCUT2D eigenvalue weighted by molar-refractivity contribution is 5.98. The van der Waals surface area contributed by atoms with Gasteiger partial charge in [-0.1, -0.05) is 30.3 Å². The van der Waals surface area contributed by atoms with E-state index in [2.05, 4.69) is 21.6 Å². The van der Waals surface area contributed by atoms with Gasteiger partial charge in [0.25, 0.3) is 11.8 Å². The molecule has 12 heteroatoms. The van der Waals surface area contributed by atoms with Gasteiger partial charge in [-0.25, -0.2) is 4.79 Å². The Balaban J connectivity index is 1.55. The summed E-state index contributed by atoms with van der Waals surface area (Å²) in [4.78, 5) is 38.1. The summed E-state index contributed by atoms with van der Waals surface area (Å²) >= 11 is 0. The highest BCUT2D eigenvalue weighted by atomic mass is 16.5. The fraction of sp³-hybridized carbons (Fsp3) is 0.370. The van der Waals surface area contributed by atoms with Crippen LogP contribution in [0.3, 0.4) is 0 Å². The zero-order chi connectivity index (χ0) is 28.2. The Hall–Kier alpha value is -4.45. The third-order valence-electron chi connectivity index (χ3n) is 5.89. The Bertz CT molecular complexity index is 1170. The first kappa shape index (κ1) is 29.1. The minimum absolute atomic E-state index is 0.216. The van der Waals surface area contributed by atoms with Crippen molar-refractivity contribution in [2.75, 3.05) is 41.0 Å².